The number of aromatic nitrogens is 3. The van der Waals surface area contributed by atoms with E-state index in [9.17, 15) is 9.59 Å². The zero-order valence-corrected chi connectivity index (χ0v) is 18.0. The van der Waals surface area contributed by atoms with Crippen molar-refractivity contribution in [1.82, 2.24) is 25.6 Å². The van der Waals surface area contributed by atoms with Crippen LogP contribution in [0.3, 0.4) is 0 Å². The lowest BCUT2D eigenvalue weighted by Crippen LogP contribution is -2.27. The minimum atomic E-state index is -0.272. The molecule has 1 heterocycles. The Morgan fingerprint density at radius 1 is 1.03 bits per heavy atom. The van der Waals surface area contributed by atoms with Crippen LogP contribution in [-0.4, -0.2) is 46.5 Å². The molecule has 0 aliphatic heterocycles. The highest BCUT2D eigenvalue weighted by Gasteiger charge is 2.28. The summed E-state index contributed by atoms with van der Waals surface area (Å²) in [6, 6.07) is 14.3. The lowest BCUT2D eigenvalue weighted by atomic mass is 10.2. The minimum absolute atomic E-state index is 0.0881. The molecule has 9 nitrogen and oxygen atoms in total. The molecule has 1 aliphatic carbocycles. The van der Waals surface area contributed by atoms with E-state index in [-0.39, 0.29) is 30.2 Å². The maximum Gasteiger partial charge on any atom is 0.274 e. The van der Waals surface area contributed by atoms with Gasteiger partial charge in [-0.15, -0.1) is 5.10 Å². The predicted molar refractivity (Wildman–Crippen MR) is 117 cm³/mol. The van der Waals surface area contributed by atoms with Gasteiger partial charge in [0.2, 0.25) is 0 Å². The largest absolute Gasteiger partial charge is 0.497 e. The molecule has 1 saturated carbocycles. The summed E-state index contributed by atoms with van der Waals surface area (Å²) in [7, 11) is 1.60. The van der Waals surface area contributed by atoms with Crippen LogP contribution in [0.2, 0.25) is 0 Å². The first-order valence-corrected chi connectivity index (χ1v) is 10.5. The number of hydrogen-bond acceptors (Lipinski definition) is 6. The van der Waals surface area contributed by atoms with Gasteiger partial charge >= 0.3 is 0 Å². The summed E-state index contributed by atoms with van der Waals surface area (Å²) >= 11 is 0. The second kappa shape index (κ2) is 9.51. The number of benzene rings is 2. The van der Waals surface area contributed by atoms with E-state index >= 15 is 0 Å². The van der Waals surface area contributed by atoms with Gasteiger partial charge in [-0.1, -0.05) is 5.21 Å². The van der Waals surface area contributed by atoms with Gasteiger partial charge in [0.15, 0.2) is 5.69 Å². The first kappa shape index (κ1) is 21.4. The predicted octanol–water partition coefficient (Wildman–Crippen LogP) is 2.50. The summed E-state index contributed by atoms with van der Waals surface area (Å²) in [5.74, 6) is 0.927. The second-order valence-electron chi connectivity index (χ2n) is 7.41. The van der Waals surface area contributed by atoms with Gasteiger partial charge in [0.25, 0.3) is 11.8 Å². The third kappa shape index (κ3) is 4.88. The van der Waals surface area contributed by atoms with Crippen molar-refractivity contribution in [3.8, 4) is 17.2 Å². The molecule has 4 rings (SSSR count). The standard InChI is InChI=1S/C23H25N5O4/c1-3-24-22(29)15-4-8-17(9-5-15)28-20(14-32-19-12-10-18(31-2)11-13-19)21(26-27-28)23(30)25-16-6-7-16/h4-5,8-13,16H,3,6-7,14H2,1-2H3,(H,24,29)(H,25,30). The Hall–Kier alpha value is -3.88. The van der Waals surface area contributed by atoms with E-state index < -0.39 is 0 Å². The number of nitrogens with zero attached hydrogens (tertiary/aromatic N) is 3. The van der Waals surface area contributed by atoms with E-state index in [1.165, 1.54) is 0 Å². The average molecular weight is 435 g/mol. The van der Waals surface area contributed by atoms with Crippen LogP contribution in [0.4, 0.5) is 0 Å². The maximum absolute atomic E-state index is 12.7. The molecule has 2 aromatic carbocycles. The van der Waals surface area contributed by atoms with E-state index in [0.29, 0.717) is 29.2 Å². The number of rotatable bonds is 9. The molecule has 9 heteroatoms. The van der Waals surface area contributed by atoms with Crippen LogP contribution in [0.1, 0.15) is 46.3 Å². The lowest BCUT2D eigenvalue weighted by Gasteiger charge is -2.11. The molecule has 1 fully saturated rings. The van der Waals surface area contributed by atoms with Crippen LogP contribution in [0.5, 0.6) is 11.5 Å². The second-order valence-corrected chi connectivity index (χ2v) is 7.41. The van der Waals surface area contributed by atoms with Gasteiger partial charge in [0.1, 0.15) is 23.8 Å². The molecular formula is C23H25N5O4. The molecule has 0 radical (unpaired) electrons. The van der Waals surface area contributed by atoms with Gasteiger partial charge in [-0.25, -0.2) is 4.68 Å². The zero-order chi connectivity index (χ0) is 22.5. The van der Waals surface area contributed by atoms with Crippen LogP contribution in [-0.2, 0) is 6.61 Å². The highest BCUT2D eigenvalue weighted by Crippen LogP contribution is 2.22. The van der Waals surface area contributed by atoms with Gasteiger partial charge in [0.05, 0.1) is 12.8 Å². The van der Waals surface area contributed by atoms with Crippen LogP contribution < -0.4 is 20.1 Å². The van der Waals surface area contributed by atoms with Crippen molar-refractivity contribution in [3.63, 3.8) is 0 Å². The Morgan fingerprint density at radius 2 is 1.72 bits per heavy atom. The fourth-order valence-corrected chi connectivity index (χ4v) is 3.14. The van der Waals surface area contributed by atoms with Crippen LogP contribution in [0, 0.1) is 0 Å². The van der Waals surface area contributed by atoms with Crippen LogP contribution in [0.15, 0.2) is 48.5 Å². The highest BCUT2D eigenvalue weighted by molar-refractivity contribution is 5.94. The molecule has 32 heavy (non-hydrogen) atoms. The SMILES string of the molecule is CCNC(=O)c1ccc(-n2nnc(C(=O)NC3CC3)c2COc2ccc(OC)cc2)cc1. The van der Waals surface area contributed by atoms with Crippen LogP contribution >= 0.6 is 0 Å². The fourth-order valence-electron chi connectivity index (χ4n) is 3.14. The molecule has 1 aromatic heterocycles. The third-order valence-electron chi connectivity index (χ3n) is 5.04. The summed E-state index contributed by atoms with van der Waals surface area (Å²) in [5, 5.41) is 14.0. The molecule has 2 amide bonds. The number of hydrogen-bond donors (Lipinski definition) is 2. The number of ether oxygens (including phenoxy) is 2. The minimum Gasteiger partial charge on any atom is -0.497 e. The monoisotopic (exact) mass is 435 g/mol. The van der Waals surface area contributed by atoms with E-state index in [1.54, 1.807) is 60.3 Å². The van der Waals surface area contributed by atoms with Crippen molar-refractivity contribution >= 4 is 11.8 Å². The van der Waals surface area contributed by atoms with Crippen molar-refractivity contribution in [2.24, 2.45) is 0 Å². The molecule has 1 aliphatic rings. The maximum atomic E-state index is 12.7. The molecular weight excluding hydrogens is 410 g/mol. The number of methoxy groups -OCH3 is 1. The Kier molecular flexibility index (Phi) is 6.34. The van der Waals surface area contributed by atoms with Gasteiger partial charge in [-0.05, 0) is 68.3 Å². The number of carbonyl (C=O) groups is 2. The van der Waals surface area contributed by atoms with Gasteiger partial charge in [-0.3, -0.25) is 9.59 Å². The Bertz CT molecular complexity index is 1090. The van der Waals surface area contributed by atoms with Crippen molar-refractivity contribution in [1.29, 1.82) is 0 Å². The summed E-state index contributed by atoms with van der Waals surface area (Å²) in [6.07, 6.45) is 1.94. The number of carbonyl (C=O) groups excluding carboxylic acids is 2. The van der Waals surface area contributed by atoms with Crippen molar-refractivity contribution in [2.45, 2.75) is 32.4 Å². The topological polar surface area (TPSA) is 107 Å². The molecule has 3 aromatic rings. The molecule has 2 N–H and O–H groups in total. The quantitative estimate of drug-likeness (QED) is 0.535. The summed E-state index contributed by atoms with van der Waals surface area (Å²) in [5.41, 5.74) is 1.95. The summed E-state index contributed by atoms with van der Waals surface area (Å²) < 4.78 is 12.6. The van der Waals surface area contributed by atoms with Crippen LogP contribution in [0.25, 0.3) is 5.69 Å². The molecule has 0 unspecified atom stereocenters. The number of amides is 2. The third-order valence-corrected chi connectivity index (χ3v) is 5.04. The summed E-state index contributed by atoms with van der Waals surface area (Å²) in [4.78, 5) is 24.8. The zero-order valence-electron chi connectivity index (χ0n) is 18.0. The molecule has 0 saturated heterocycles. The Morgan fingerprint density at radius 3 is 2.34 bits per heavy atom. The molecule has 0 atom stereocenters. The van der Waals surface area contributed by atoms with E-state index in [2.05, 4.69) is 20.9 Å². The molecule has 166 valence electrons. The highest BCUT2D eigenvalue weighted by atomic mass is 16.5. The number of nitrogens with one attached hydrogen (secondary N) is 2. The first-order chi connectivity index (χ1) is 15.6. The van der Waals surface area contributed by atoms with Gasteiger partial charge in [0, 0.05) is 18.2 Å². The van der Waals surface area contributed by atoms with Crippen molar-refractivity contribution in [2.75, 3.05) is 13.7 Å². The van der Waals surface area contributed by atoms with Gasteiger partial charge < -0.3 is 20.1 Å². The first-order valence-electron chi connectivity index (χ1n) is 10.5. The van der Waals surface area contributed by atoms with E-state index in [0.717, 1.165) is 18.6 Å². The summed E-state index contributed by atoms with van der Waals surface area (Å²) in [6.45, 7) is 2.51. The van der Waals surface area contributed by atoms with Crippen molar-refractivity contribution < 1.29 is 19.1 Å². The Labute approximate surface area is 185 Å². The molecule has 0 bridgehead atoms. The van der Waals surface area contributed by atoms with Gasteiger partial charge in [-0.2, -0.15) is 0 Å². The van der Waals surface area contributed by atoms with E-state index in [1.807, 2.05) is 6.92 Å². The molecule has 0 spiro atoms. The Balaban J connectivity index is 1.60. The smallest absolute Gasteiger partial charge is 0.274 e. The lowest BCUT2D eigenvalue weighted by molar-refractivity contribution is 0.0939. The average Bonchev–Trinajstić information content (AvgIpc) is 3.53. The normalized spacial score (nSPS) is 12.8. The van der Waals surface area contributed by atoms with E-state index in [4.69, 9.17) is 9.47 Å². The fraction of sp³-hybridized carbons (Fsp3) is 0.304. The van der Waals surface area contributed by atoms with Crippen molar-refractivity contribution in [3.05, 3.63) is 65.5 Å².